The minimum atomic E-state index is -0.656. The molecule has 3 aromatic carbocycles. The number of methoxy groups -OCH3 is 2. The molecule has 8 heteroatoms. The number of ether oxygens (including phenoxy) is 4. The summed E-state index contributed by atoms with van der Waals surface area (Å²) in [6, 6.07) is 15.4. The van der Waals surface area contributed by atoms with Gasteiger partial charge in [0.1, 0.15) is 23.7 Å². The second-order valence-corrected chi connectivity index (χ2v) is 7.53. The Morgan fingerprint density at radius 2 is 1.62 bits per heavy atom. The number of fused-ring (bicyclic) bond motifs is 1. The molecule has 0 fully saturated rings. The summed E-state index contributed by atoms with van der Waals surface area (Å²) in [7, 11) is 2.75. The number of carbonyl (C=O) groups excluding carboxylic acids is 2. The molecule has 0 aliphatic heterocycles. The molecule has 0 saturated heterocycles. The zero-order valence-corrected chi connectivity index (χ0v) is 19.2. The van der Waals surface area contributed by atoms with Gasteiger partial charge >= 0.3 is 11.9 Å². The van der Waals surface area contributed by atoms with E-state index in [0.29, 0.717) is 17.3 Å². The highest BCUT2D eigenvalue weighted by Crippen LogP contribution is 2.31. The van der Waals surface area contributed by atoms with Crippen molar-refractivity contribution in [3.63, 3.8) is 0 Å². The Labute approximate surface area is 196 Å². The van der Waals surface area contributed by atoms with E-state index in [2.05, 4.69) is 5.16 Å². The molecule has 1 aromatic heterocycles. The number of esters is 2. The summed E-state index contributed by atoms with van der Waals surface area (Å²) in [5, 5.41) is 5.55. The lowest BCUT2D eigenvalue weighted by atomic mass is 10.1. The number of carbonyl (C=O) groups is 2. The third kappa shape index (κ3) is 4.56. The lowest BCUT2D eigenvalue weighted by molar-refractivity contribution is 0.0593. The lowest BCUT2D eigenvalue weighted by Gasteiger charge is -2.13. The zero-order valence-electron chi connectivity index (χ0n) is 19.2. The van der Waals surface area contributed by atoms with Crippen molar-refractivity contribution in [2.45, 2.75) is 20.5 Å². The summed E-state index contributed by atoms with van der Waals surface area (Å²) in [6.07, 6.45) is 0. The molecule has 0 spiro atoms. The lowest BCUT2D eigenvalue weighted by Crippen LogP contribution is -2.13. The quantitative estimate of drug-likeness (QED) is 0.279. The maximum Gasteiger partial charge on any atom is 0.343 e. The van der Waals surface area contributed by atoms with Crippen LogP contribution in [-0.2, 0) is 11.3 Å². The standard InChI is InChI=1S/C26H23NO7/c1-15-21(16(2)34-27-15)14-32-22-10-9-19(13-24(22)30-3)25(28)33-23-12-18-8-6-5-7-17(18)11-20(23)26(29)31-4/h5-13H,14H2,1-4H3. The molecular weight excluding hydrogens is 438 g/mol. The molecule has 0 bridgehead atoms. The first-order valence-electron chi connectivity index (χ1n) is 10.5. The van der Waals surface area contributed by atoms with E-state index in [1.54, 1.807) is 24.3 Å². The fraction of sp³-hybridized carbons (Fsp3) is 0.192. The fourth-order valence-electron chi connectivity index (χ4n) is 3.50. The Morgan fingerprint density at radius 1 is 0.882 bits per heavy atom. The normalized spacial score (nSPS) is 10.7. The number of rotatable bonds is 7. The Kier molecular flexibility index (Phi) is 6.49. The predicted octanol–water partition coefficient (Wildman–Crippen LogP) is 5.04. The molecule has 4 aromatic rings. The maximum atomic E-state index is 12.9. The van der Waals surface area contributed by atoms with Crippen molar-refractivity contribution in [1.82, 2.24) is 5.16 Å². The smallest absolute Gasteiger partial charge is 0.343 e. The fourth-order valence-corrected chi connectivity index (χ4v) is 3.50. The SMILES string of the molecule is COC(=O)c1cc2ccccc2cc1OC(=O)c1ccc(OCc2c(C)noc2C)c(OC)c1. The Morgan fingerprint density at radius 3 is 2.26 bits per heavy atom. The Bertz CT molecular complexity index is 1350. The zero-order chi connectivity index (χ0) is 24.2. The van der Waals surface area contributed by atoms with E-state index in [1.807, 2.05) is 38.1 Å². The third-order valence-corrected chi connectivity index (χ3v) is 5.41. The van der Waals surface area contributed by atoms with Gasteiger partial charge in [0.05, 0.1) is 31.0 Å². The highest BCUT2D eigenvalue weighted by molar-refractivity contribution is 6.01. The molecular formula is C26H23NO7. The van der Waals surface area contributed by atoms with Gasteiger partial charge in [-0.2, -0.15) is 0 Å². The summed E-state index contributed by atoms with van der Waals surface area (Å²) in [4.78, 5) is 25.2. The van der Waals surface area contributed by atoms with E-state index in [4.69, 9.17) is 23.5 Å². The van der Waals surface area contributed by atoms with E-state index in [-0.39, 0.29) is 23.5 Å². The van der Waals surface area contributed by atoms with Crippen LogP contribution in [0.1, 0.15) is 37.7 Å². The molecule has 0 N–H and O–H groups in total. The van der Waals surface area contributed by atoms with Crippen molar-refractivity contribution in [3.8, 4) is 17.2 Å². The van der Waals surface area contributed by atoms with E-state index in [9.17, 15) is 9.59 Å². The average molecular weight is 461 g/mol. The van der Waals surface area contributed by atoms with Crippen LogP contribution in [-0.4, -0.2) is 31.3 Å². The summed E-state index contributed by atoms with van der Waals surface area (Å²) < 4.78 is 26.9. The van der Waals surface area contributed by atoms with Crippen molar-refractivity contribution >= 4 is 22.7 Å². The summed E-state index contributed by atoms with van der Waals surface area (Å²) in [5.74, 6) is 0.319. The van der Waals surface area contributed by atoms with Crippen molar-refractivity contribution in [1.29, 1.82) is 0 Å². The van der Waals surface area contributed by atoms with Crippen LogP contribution in [0.3, 0.4) is 0 Å². The Hall–Kier alpha value is -4.33. The van der Waals surface area contributed by atoms with Gasteiger partial charge in [0.25, 0.3) is 0 Å². The maximum absolute atomic E-state index is 12.9. The first kappa shape index (κ1) is 22.8. The molecule has 0 atom stereocenters. The topological polar surface area (TPSA) is 97.1 Å². The molecule has 174 valence electrons. The predicted molar refractivity (Wildman–Crippen MR) is 124 cm³/mol. The first-order chi connectivity index (χ1) is 16.4. The van der Waals surface area contributed by atoms with Gasteiger partial charge in [-0.05, 0) is 55.0 Å². The van der Waals surface area contributed by atoms with Gasteiger partial charge in [-0.25, -0.2) is 9.59 Å². The molecule has 4 rings (SSSR count). The van der Waals surface area contributed by atoms with Gasteiger partial charge in [0, 0.05) is 0 Å². The largest absolute Gasteiger partial charge is 0.493 e. The minimum absolute atomic E-state index is 0.105. The summed E-state index contributed by atoms with van der Waals surface area (Å²) in [5.41, 5.74) is 1.97. The number of benzene rings is 3. The van der Waals surface area contributed by atoms with Crippen LogP contribution in [0.15, 0.2) is 59.1 Å². The van der Waals surface area contributed by atoms with Crippen LogP contribution in [0.25, 0.3) is 10.8 Å². The van der Waals surface area contributed by atoms with E-state index in [1.165, 1.54) is 20.3 Å². The second kappa shape index (κ2) is 9.66. The average Bonchev–Trinajstić information content (AvgIpc) is 3.18. The molecule has 0 aliphatic carbocycles. The third-order valence-electron chi connectivity index (χ3n) is 5.41. The van der Waals surface area contributed by atoms with Gasteiger partial charge in [-0.3, -0.25) is 0 Å². The van der Waals surface area contributed by atoms with E-state index < -0.39 is 11.9 Å². The number of aryl methyl sites for hydroxylation is 2. The van der Waals surface area contributed by atoms with Crippen molar-refractivity contribution in [2.24, 2.45) is 0 Å². The van der Waals surface area contributed by atoms with Crippen LogP contribution in [0.5, 0.6) is 17.2 Å². The molecule has 0 unspecified atom stereocenters. The summed E-state index contributed by atoms with van der Waals surface area (Å²) in [6.45, 7) is 3.88. The highest BCUT2D eigenvalue weighted by Gasteiger charge is 2.20. The molecule has 8 nitrogen and oxygen atoms in total. The van der Waals surface area contributed by atoms with Crippen LogP contribution >= 0.6 is 0 Å². The monoisotopic (exact) mass is 461 g/mol. The number of aromatic nitrogens is 1. The van der Waals surface area contributed by atoms with Gasteiger partial charge < -0.3 is 23.5 Å². The van der Waals surface area contributed by atoms with Crippen LogP contribution in [0, 0.1) is 13.8 Å². The van der Waals surface area contributed by atoms with Gasteiger partial charge in [0.2, 0.25) is 0 Å². The molecule has 34 heavy (non-hydrogen) atoms. The molecule has 1 heterocycles. The van der Waals surface area contributed by atoms with Crippen LogP contribution in [0.4, 0.5) is 0 Å². The second-order valence-electron chi connectivity index (χ2n) is 7.53. The van der Waals surface area contributed by atoms with Gasteiger partial charge in [0.15, 0.2) is 11.5 Å². The molecule has 0 saturated carbocycles. The van der Waals surface area contributed by atoms with E-state index >= 15 is 0 Å². The van der Waals surface area contributed by atoms with Crippen LogP contribution < -0.4 is 14.2 Å². The minimum Gasteiger partial charge on any atom is -0.493 e. The first-order valence-corrected chi connectivity index (χ1v) is 10.5. The summed E-state index contributed by atoms with van der Waals surface area (Å²) >= 11 is 0. The molecule has 0 aliphatic rings. The van der Waals surface area contributed by atoms with Gasteiger partial charge in [-0.1, -0.05) is 29.4 Å². The van der Waals surface area contributed by atoms with Crippen molar-refractivity contribution in [3.05, 3.63) is 82.7 Å². The molecule has 0 radical (unpaired) electrons. The number of nitrogens with zero attached hydrogens (tertiary/aromatic N) is 1. The van der Waals surface area contributed by atoms with E-state index in [0.717, 1.165) is 22.0 Å². The highest BCUT2D eigenvalue weighted by atomic mass is 16.5. The number of hydrogen-bond acceptors (Lipinski definition) is 8. The molecule has 0 amide bonds. The van der Waals surface area contributed by atoms with Crippen molar-refractivity contribution in [2.75, 3.05) is 14.2 Å². The van der Waals surface area contributed by atoms with Crippen LogP contribution in [0.2, 0.25) is 0 Å². The number of hydrogen-bond donors (Lipinski definition) is 0. The van der Waals surface area contributed by atoms with Crippen molar-refractivity contribution < 1.29 is 33.1 Å². The van der Waals surface area contributed by atoms with Gasteiger partial charge in [-0.15, -0.1) is 0 Å². The Balaban J connectivity index is 1.58.